The van der Waals surface area contributed by atoms with Gasteiger partial charge in [-0.25, -0.2) is 4.79 Å². The second-order valence-corrected chi connectivity index (χ2v) is 9.00. The smallest absolute Gasteiger partial charge is 0.379 e. The standard InChI is InChI=1S/C27H25F3N4O4/c28-27(29,30)26(36)38-34-23-7-9-32-25(35)22(23)16-24(34)20-6-8-31-21(15-20)5-4-18-2-1-3-19(14-18)17-33-10-12-37-13-11-33/h1-6,8,14-16H,7,9-13,17H2,(H,32,35). The number of carbonyl (C=O) groups is 2. The third-order valence-electron chi connectivity index (χ3n) is 6.34. The van der Waals surface area contributed by atoms with Gasteiger partial charge in [0.05, 0.1) is 35.9 Å². The number of halogens is 3. The molecule has 8 nitrogen and oxygen atoms in total. The lowest BCUT2D eigenvalue weighted by atomic mass is 10.1. The highest BCUT2D eigenvalue weighted by Crippen LogP contribution is 2.29. The summed E-state index contributed by atoms with van der Waals surface area (Å²) < 4.78 is 45.1. The maximum atomic E-state index is 13.0. The maximum Gasteiger partial charge on any atom is 0.493 e. The quantitative estimate of drug-likeness (QED) is 0.531. The molecule has 11 heteroatoms. The lowest BCUT2D eigenvalue weighted by Crippen LogP contribution is -2.37. The van der Waals surface area contributed by atoms with Gasteiger partial charge in [0.15, 0.2) is 0 Å². The van der Waals surface area contributed by atoms with E-state index in [2.05, 4.69) is 27.3 Å². The second kappa shape index (κ2) is 10.8. The summed E-state index contributed by atoms with van der Waals surface area (Å²) in [4.78, 5) is 35.4. The summed E-state index contributed by atoms with van der Waals surface area (Å²) in [5.74, 6) is -2.81. The molecule has 2 aliphatic heterocycles. The molecule has 1 saturated heterocycles. The van der Waals surface area contributed by atoms with Crippen LogP contribution in [0.25, 0.3) is 23.4 Å². The van der Waals surface area contributed by atoms with Crippen LogP contribution in [0.2, 0.25) is 0 Å². The highest BCUT2D eigenvalue weighted by molar-refractivity contribution is 5.98. The van der Waals surface area contributed by atoms with Crippen LogP contribution in [0, 0.1) is 0 Å². The van der Waals surface area contributed by atoms with Crippen molar-refractivity contribution in [3.63, 3.8) is 0 Å². The molecule has 0 aliphatic carbocycles. The zero-order chi connectivity index (χ0) is 26.7. The van der Waals surface area contributed by atoms with Gasteiger partial charge in [0, 0.05) is 44.4 Å². The SMILES string of the molecule is O=C1NCCc2c1cc(-c1ccnc(C=Cc3cccc(CN4CCOCC4)c3)c1)n2OC(=O)C(F)(F)F. The van der Waals surface area contributed by atoms with Crippen LogP contribution in [0.4, 0.5) is 13.2 Å². The lowest BCUT2D eigenvalue weighted by molar-refractivity contribution is -0.199. The normalized spacial score (nSPS) is 16.3. The number of nitrogens with one attached hydrogen (secondary N) is 1. The van der Waals surface area contributed by atoms with E-state index < -0.39 is 18.1 Å². The van der Waals surface area contributed by atoms with Crippen LogP contribution in [0.1, 0.15) is 32.9 Å². The second-order valence-electron chi connectivity index (χ2n) is 9.00. The monoisotopic (exact) mass is 526 g/mol. The number of ether oxygens (including phenoxy) is 1. The highest BCUT2D eigenvalue weighted by atomic mass is 19.4. The topological polar surface area (TPSA) is 85.7 Å². The molecule has 2 aromatic heterocycles. The van der Waals surface area contributed by atoms with Crippen LogP contribution in [0.15, 0.2) is 48.7 Å². The van der Waals surface area contributed by atoms with Crippen LogP contribution >= 0.6 is 0 Å². The Bertz CT molecular complexity index is 1380. The molecule has 0 bridgehead atoms. The molecule has 0 unspecified atom stereocenters. The molecule has 38 heavy (non-hydrogen) atoms. The summed E-state index contributed by atoms with van der Waals surface area (Å²) in [5, 5.41) is 2.65. The average molecular weight is 527 g/mol. The summed E-state index contributed by atoms with van der Waals surface area (Å²) in [7, 11) is 0. The van der Waals surface area contributed by atoms with Gasteiger partial charge in [0.2, 0.25) is 0 Å². The number of rotatable bonds is 6. The van der Waals surface area contributed by atoms with Crippen LogP contribution in [0.3, 0.4) is 0 Å². The minimum atomic E-state index is -5.19. The Balaban J connectivity index is 1.41. The van der Waals surface area contributed by atoms with E-state index in [0.717, 1.165) is 43.1 Å². The predicted molar refractivity (Wildman–Crippen MR) is 133 cm³/mol. The van der Waals surface area contributed by atoms with Gasteiger partial charge in [0.25, 0.3) is 5.91 Å². The number of pyridine rings is 1. The first-order valence-electron chi connectivity index (χ1n) is 12.1. The largest absolute Gasteiger partial charge is 0.493 e. The zero-order valence-electron chi connectivity index (χ0n) is 20.3. The Kier molecular flexibility index (Phi) is 7.30. The molecule has 1 amide bonds. The van der Waals surface area contributed by atoms with Gasteiger partial charge in [-0.3, -0.25) is 14.7 Å². The molecule has 1 fully saturated rings. The molecular weight excluding hydrogens is 501 g/mol. The number of hydrogen-bond acceptors (Lipinski definition) is 6. The van der Waals surface area contributed by atoms with E-state index in [-0.39, 0.29) is 29.9 Å². The van der Waals surface area contributed by atoms with Gasteiger partial charge in [-0.2, -0.15) is 17.9 Å². The van der Waals surface area contributed by atoms with Crippen molar-refractivity contribution in [3.8, 4) is 11.3 Å². The molecule has 4 heterocycles. The molecule has 0 atom stereocenters. The first-order chi connectivity index (χ1) is 18.3. The minimum Gasteiger partial charge on any atom is -0.379 e. The fraction of sp³-hybridized carbons (Fsp3) is 0.296. The molecule has 198 valence electrons. The van der Waals surface area contributed by atoms with Crippen molar-refractivity contribution < 1.29 is 32.3 Å². The summed E-state index contributed by atoms with van der Waals surface area (Å²) in [6.45, 7) is 4.28. The molecule has 1 N–H and O–H groups in total. The van der Waals surface area contributed by atoms with E-state index in [9.17, 15) is 22.8 Å². The maximum absolute atomic E-state index is 13.0. The Labute approximate surface area is 216 Å². The summed E-state index contributed by atoms with van der Waals surface area (Å²) in [6, 6.07) is 12.8. The Morgan fingerprint density at radius 3 is 2.74 bits per heavy atom. The number of benzene rings is 1. The molecule has 1 aromatic carbocycles. The molecule has 0 spiro atoms. The molecule has 0 radical (unpaired) electrons. The minimum absolute atomic E-state index is 0.147. The van der Waals surface area contributed by atoms with Gasteiger partial charge in [0.1, 0.15) is 0 Å². The molecule has 5 rings (SSSR count). The van der Waals surface area contributed by atoms with Crippen molar-refractivity contribution in [2.75, 3.05) is 32.8 Å². The molecule has 2 aliphatic rings. The molecule has 3 aromatic rings. The summed E-state index contributed by atoms with van der Waals surface area (Å²) >= 11 is 0. The third kappa shape index (κ3) is 5.79. The molecule has 0 saturated carbocycles. The predicted octanol–water partition coefficient (Wildman–Crippen LogP) is 3.36. The number of nitrogens with zero attached hydrogens (tertiary/aromatic N) is 3. The van der Waals surface area contributed by atoms with E-state index >= 15 is 0 Å². The summed E-state index contributed by atoms with van der Waals surface area (Å²) in [5.41, 5.74) is 3.63. The zero-order valence-corrected chi connectivity index (χ0v) is 20.3. The van der Waals surface area contributed by atoms with Crippen molar-refractivity contribution in [1.82, 2.24) is 19.9 Å². The van der Waals surface area contributed by atoms with Crippen LogP contribution in [-0.2, 0) is 22.5 Å². The first-order valence-corrected chi connectivity index (χ1v) is 12.1. The number of fused-ring (bicyclic) bond motifs is 1. The fourth-order valence-electron chi connectivity index (χ4n) is 4.49. The van der Waals surface area contributed by atoms with Gasteiger partial charge in [-0.15, -0.1) is 0 Å². The van der Waals surface area contributed by atoms with Crippen LogP contribution in [-0.4, -0.2) is 65.5 Å². The van der Waals surface area contributed by atoms with E-state index in [4.69, 9.17) is 9.57 Å². The lowest BCUT2D eigenvalue weighted by Gasteiger charge is -2.26. The molecular formula is C27H25F3N4O4. The number of hydrogen-bond donors (Lipinski definition) is 1. The van der Waals surface area contributed by atoms with Gasteiger partial charge in [-0.1, -0.05) is 30.3 Å². The van der Waals surface area contributed by atoms with Gasteiger partial charge < -0.3 is 14.9 Å². The number of amides is 1. The van der Waals surface area contributed by atoms with E-state index in [0.29, 0.717) is 11.3 Å². The van der Waals surface area contributed by atoms with E-state index in [1.807, 2.05) is 18.2 Å². The van der Waals surface area contributed by atoms with Crippen molar-refractivity contribution in [1.29, 1.82) is 0 Å². The van der Waals surface area contributed by atoms with Gasteiger partial charge in [-0.05, 0) is 35.4 Å². The highest BCUT2D eigenvalue weighted by Gasteiger charge is 2.43. The average Bonchev–Trinajstić information content (AvgIpc) is 3.27. The van der Waals surface area contributed by atoms with E-state index in [1.165, 1.54) is 17.8 Å². The fourth-order valence-corrected chi connectivity index (χ4v) is 4.49. The Morgan fingerprint density at radius 2 is 1.95 bits per heavy atom. The summed E-state index contributed by atoms with van der Waals surface area (Å²) in [6.07, 6.45) is 0.222. The number of alkyl halides is 3. The van der Waals surface area contributed by atoms with Crippen LogP contribution < -0.4 is 10.2 Å². The van der Waals surface area contributed by atoms with Crippen molar-refractivity contribution in [3.05, 3.63) is 76.7 Å². The van der Waals surface area contributed by atoms with E-state index in [1.54, 1.807) is 18.2 Å². The van der Waals surface area contributed by atoms with Crippen molar-refractivity contribution in [2.45, 2.75) is 19.1 Å². The number of morpholine rings is 1. The Hall–Kier alpha value is -3.96. The van der Waals surface area contributed by atoms with Crippen molar-refractivity contribution >= 4 is 24.0 Å². The number of carbonyl (C=O) groups excluding carboxylic acids is 2. The first kappa shape index (κ1) is 25.7. The third-order valence-corrected chi connectivity index (χ3v) is 6.34. The van der Waals surface area contributed by atoms with Crippen LogP contribution in [0.5, 0.6) is 0 Å². The van der Waals surface area contributed by atoms with Crippen molar-refractivity contribution in [2.24, 2.45) is 0 Å². The number of aromatic nitrogens is 2. The Morgan fingerprint density at radius 1 is 1.13 bits per heavy atom. The van der Waals surface area contributed by atoms with Gasteiger partial charge >= 0.3 is 12.1 Å².